The fourth-order valence-electron chi connectivity index (χ4n) is 3.57. The Balaban J connectivity index is 1.48. The SMILES string of the molecule is COC(=O)c1ccc(C)c(NC(=O)[C@@H]2CC(=O)N(c3ccc4c(c3)OCCO4)C2)c1. The van der Waals surface area contributed by atoms with Gasteiger partial charge in [0.1, 0.15) is 13.2 Å². The first-order valence-corrected chi connectivity index (χ1v) is 9.66. The van der Waals surface area contributed by atoms with Crippen LogP contribution in [-0.4, -0.2) is 44.7 Å². The van der Waals surface area contributed by atoms with E-state index >= 15 is 0 Å². The third-order valence-corrected chi connectivity index (χ3v) is 5.25. The zero-order valence-corrected chi connectivity index (χ0v) is 16.8. The number of ether oxygens (including phenoxy) is 3. The smallest absolute Gasteiger partial charge is 0.337 e. The predicted molar refractivity (Wildman–Crippen MR) is 109 cm³/mol. The summed E-state index contributed by atoms with van der Waals surface area (Å²) in [7, 11) is 1.30. The summed E-state index contributed by atoms with van der Waals surface area (Å²) in [5, 5.41) is 2.84. The maximum Gasteiger partial charge on any atom is 0.337 e. The van der Waals surface area contributed by atoms with E-state index in [0.717, 1.165) is 5.56 Å². The second-order valence-corrected chi connectivity index (χ2v) is 7.24. The standard InChI is InChI=1S/C22H22N2O6/c1-13-3-4-14(22(27)28-2)9-17(13)23-21(26)15-10-20(25)24(12-15)16-5-6-18-19(11-16)30-8-7-29-18/h3-6,9,11,15H,7-8,10,12H2,1-2H3,(H,23,26)/t15-/m1/s1. The molecule has 0 radical (unpaired) electrons. The van der Waals surface area contributed by atoms with Gasteiger partial charge in [0.05, 0.1) is 18.6 Å². The Labute approximate surface area is 173 Å². The number of fused-ring (bicyclic) bond motifs is 1. The Morgan fingerprint density at radius 2 is 1.87 bits per heavy atom. The molecule has 2 aliphatic heterocycles. The number of benzene rings is 2. The van der Waals surface area contributed by atoms with Crippen LogP contribution in [0.5, 0.6) is 11.5 Å². The fraction of sp³-hybridized carbons (Fsp3) is 0.318. The zero-order chi connectivity index (χ0) is 21.3. The monoisotopic (exact) mass is 410 g/mol. The first kappa shape index (κ1) is 19.8. The summed E-state index contributed by atoms with van der Waals surface area (Å²) in [5.41, 5.74) is 2.35. The molecule has 0 aliphatic carbocycles. The van der Waals surface area contributed by atoms with Crippen molar-refractivity contribution in [2.24, 2.45) is 5.92 Å². The van der Waals surface area contributed by atoms with E-state index in [2.05, 4.69) is 5.32 Å². The van der Waals surface area contributed by atoms with Crippen LogP contribution in [0.1, 0.15) is 22.3 Å². The van der Waals surface area contributed by atoms with Gasteiger partial charge in [-0.2, -0.15) is 0 Å². The molecule has 0 aromatic heterocycles. The highest BCUT2D eigenvalue weighted by molar-refractivity contribution is 6.04. The number of amides is 2. The van der Waals surface area contributed by atoms with Crippen molar-refractivity contribution < 1.29 is 28.6 Å². The molecule has 1 fully saturated rings. The zero-order valence-electron chi connectivity index (χ0n) is 16.8. The Morgan fingerprint density at radius 1 is 1.10 bits per heavy atom. The van der Waals surface area contributed by atoms with Crippen LogP contribution in [0.4, 0.5) is 11.4 Å². The highest BCUT2D eigenvalue weighted by Gasteiger charge is 2.35. The second-order valence-electron chi connectivity index (χ2n) is 7.24. The Kier molecular flexibility index (Phi) is 5.31. The molecule has 8 nitrogen and oxygen atoms in total. The van der Waals surface area contributed by atoms with Crippen LogP contribution in [0.2, 0.25) is 0 Å². The Morgan fingerprint density at radius 3 is 2.63 bits per heavy atom. The molecule has 1 N–H and O–H groups in total. The number of nitrogens with one attached hydrogen (secondary N) is 1. The molecule has 2 heterocycles. The molecule has 4 rings (SSSR count). The van der Waals surface area contributed by atoms with Crippen molar-refractivity contribution in [1.29, 1.82) is 0 Å². The van der Waals surface area contributed by atoms with Crippen molar-refractivity contribution in [2.75, 3.05) is 37.1 Å². The van der Waals surface area contributed by atoms with Gasteiger partial charge in [0.25, 0.3) is 0 Å². The van der Waals surface area contributed by atoms with Crippen molar-refractivity contribution in [2.45, 2.75) is 13.3 Å². The van der Waals surface area contributed by atoms with Crippen molar-refractivity contribution in [3.63, 3.8) is 0 Å². The van der Waals surface area contributed by atoms with Crippen molar-refractivity contribution in [3.05, 3.63) is 47.5 Å². The molecule has 2 aliphatic rings. The van der Waals surface area contributed by atoms with E-state index in [9.17, 15) is 14.4 Å². The molecule has 0 unspecified atom stereocenters. The molecule has 156 valence electrons. The lowest BCUT2D eigenvalue weighted by atomic mass is 10.1. The molecule has 8 heteroatoms. The average Bonchev–Trinajstić information content (AvgIpc) is 3.16. The van der Waals surface area contributed by atoms with Crippen molar-refractivity contribution in [1.82, 2.24) is 0 Å². The van der Waals surface area contributed by atoms with Gasteiger partial charge in [-0.05, 0) is 36.8 Å². The molecule has 2 aromatic rings. The van der Waals surface area contributed by atoms with E-state index < -0.39 is 11.9 Å². The van der Waals surface area contributed by atoms with Gasteiger partial charge in [-0.15, -0.1) is 0 Å². The van der Waals surface area contributed by atoms with Crippen LogP contribution in [-0.2, 0) is 14.3 Å². The number of methoxy groups -OCH3 is 1. The maximum atomic E-state index is 12.8. The molecule has 0 bridgehead atoms. The number of nitrogens with zero attached hydrogens (tertiary/aromatic N) is 1. The number of carbonyl (C=O) groups is 3. The molecule has 2 aromatic carbocycles. The normalized spacial score (nSPS) is 17.6. The summed E-state index contributed by atoms with van der Waals surface area (Å²) in [6.45, 7) is 3.05. The summed E-state index contributed by atoms with van der Waals surface area (Å²) in [4.78, 5) is 38.7. The lowest BCUT2D eigenvalue weighted by Crippen LogP contribution is -2.28. The number of aryl methyl sites for hydroxylation is 1. The van der Waals surface area contributed by atoms with Gasteiger partial charge in [0.15, 0.2) is 11.5 Å². The minimum atomic E-state index is -0.508. The highest BCUT2D eigenvalue weighted by Crippen LogP contribution is 2.36. The summed E-state index contributed by atoms with van der Waals surface area (Å²) in [5.74, 6) is -0.153. The van der Waals surface area contributed by atoms with Crippen LogP contribution < -0.4 is 19.7 Å². The minimum Gasteiger partial charge on any atom is -0.486 e. The molecule has 0 saturated carbocycles. The maximum absolute atomic E-state index is 12.8. The molecule has 30 heavy (non-hydrogen) atoms. The van der Waals surface area contributed by atoms with Gasteiger partial charge in [0.2, 0.25) is 11.8 Å². The fourth-order valence-corrected chi connectivity index (χ4v) is 3.57. The van der Waals surface area contributed by atoms with Crippen LogP contribution >= 0.6 is 0 Å². The lowest BCUT2D eigenvalue weighted by Gasteiger charge is -2.22. The Bertz CT molecular complexity index is 1020. The third-order valence-electron chi connectivity index (χ3n) is 5.25. The first-order valence-electron chi connectivity index (χ1n) is 9.66. The van der Waals surface area contributed by atoms with Gasteiger partial charge in [-0.25, -0.2) is 4.79 Å². The van der Waals surface area contributed by atoms with Gasteiger partial charge >= 0.3 is 5.97 Å². The number of anilines is 2. The van der Waals surface area contributed by atoms with Crippen LogP contribution in [0, 0.1) is 12.8 Å². The third kappa shape index (κ3) is 3.80. The van der Waals surface area contributed by atoms with Crippen LogP contribution in [0.25, 0.3) is 0 Å². The number of esters is 1. The molecular weight excluding hydrogens is 388 g/mol. The van der Waals surface area contributed by atoms with E-state index in [1.807, 2.05) is 6.92 Å². The lowest BCUT2D eigenvalue weighted by molar-refractivity contribution is -0.122. The first-order chi connectivity index (χ1) is 14.5. The van der Waals surface area contributed by atoms with E-state index in [0.29, 0.717) is 41.7 Å². The molecule has 1 atom stereocenters. The topological polar surface area (TPSA) is 94.2 Å². The molecule has 0 spiro atoms. The van der Waals surface area contributed by atoms with E-state index in [4.69, 9.17) is 14.2 Å². The summed E-state index contributed by atoms with van der Waals surface area (Å²) in [6, 6.07) is 10.3. The van der Waals surface area contributed by atoms with Crippen molar-refractivity contribution >= 4 is 29.2 Å². The summed E-state index contributed by atoms with van der Waals surface area (Å²) >= 11 is 0. The predicted octanol–water partition coefficient (Wildman–Crippen LogP) is 2.54. The second kappa shape index (κ2) is 8.06. The number of hydrogen-bond acceptors (Lipinski definition) is 6. The summed E-state index contributed by atoms with van der Waals surface area (Å²) in [6.07, 6.45) is 0.107. The van der Waals surface area contributed by atoms with E-state index in [1.165, 1.54) is 7.11 Å². The average molecular weight is 410 g/mol. The van der Waals surface area contributed by atoms with Gasteiger partial charge in [-0.1, -0.05) is 6.07 Å². The molecule has 1 saturated heterocycles. The summed E-state index contributed by atoms with van der Waals surface area (Å²) < 4.78 is 15.8. The molecular formula is C22H22N2O6. The van der Waals surface area contributed by atoms with E-state index in [1.54, 1.807) is 41.3 Å². The van der Waals surface area contributed by atoms with Crippen molar-refractivity contribution in [3.8, 4) is 11.5 Å². The van der Waals surface area contributed by atoms with Gasteiger partial charge < -0.3 is 24.4 Å². The minimum absolute atomic E-state index is 0.107. The molecule has 2 amide bonds. The van der Waals surface area contributed by atoms with Crippen LogP contribution in [0.15, 0.2) is 36.4 Å². The van der Waals surface area contributed by atoms with Gasteiger partial charge in [0, 0.05) is 30.4 Å². The number of rotatable bonds is 4. The highest BCUT2D eigenvalue weighted by atomic mass is 16.6. The van der Waals surface area contributed by atoms with E-state index in [-0.39, 0.29) is 24.8 Å². The van der Waals surface area contributed by atoms with Gasteiger partial charge in [-0.3, -0.25) is 9.59 Å². The quantitative estimate of drug-likeness (QED) is 0.779. The Hall–Kier alpha value is -3.55. The number of carbonyl (C=O) groups excluding carboxylic acids is 3. The number of hydrogen-bond donors (Lipinski definition) is 1. The largest absolute Gasteiger partial charge is 0.486 e. The van der Waals surface area contributed by atoms with Crippen LogP contribution in [0.3, 0.4) is 0 Å².